The van der Waals surface area contributed by atoms with Gasteiger partial charge in [0.1, 0.15) is 5.82 Å². The van der Waals surface area contributed by atoms with Crippen LogP contribution in [-0.2, 0) is 6.42 Å². The molecule has 3 heteroatoms. The Balaban J connectivity index is 2.28. The molecule has 0 nitrogen and oxygen atoms in total. The van der Waals surface area contributed by atoms with Crippen molar-refractivity contribution in [2.45, 2.75) is 25.1 Å². The number of alkyl halides is 1. The molecule has 0 aliphatic rings. The van der Waals surface area contributed by atoms with E-state index in [-0.39, 0.29) is 10.6 Å². The fourth-order valence-electron chi connectivity index (χ4n) is 2.09. The summed E-state index contributed by atoms with van der Waals surface area (Å²) in [4.78, 5) is -0.0227. The summed E-state index contributed by atoms with van der Waals surface area (Å²) >= 11 is 6.84. The third kappa shape index (κ3) is 3.46. The molecule has 0 spiro atoms. The predicted octanol–water partition coefficient (Wildman–Crippen LogP) is 5.88. The van der Waals surface area contributed by atoms with Crippen molar-refractivity contribution in [1.29, 1.82) is 0 Å². The largest absolute Gasteiger partial charge is 0.205 e. The van der Waals surface area contributed by atoms with Crippen LogP contribution in [0.5, 0.6) is 0 Å². The van der Waals surface area contributed by atoms with E-state index in [0.29, 0.717) is 10.0 Å². The maximum atomic E-state index is 14.1. The summed E-state index contributed by atoms with van der Waals surface area (Å²) in [5.74, 6) is -0.185. The Bertz CT molecular complexity index is 593. The lowest BCUT2D eigenvalue weighted by Gasteiger charge is -2.14. The van der Waals surface area contributed by atoms with Gasteiger partial charge in [-0.3, -0.25) is 0 Å². The van der Waals surface area contributed by atoms with Gasteiger partial charge in [-0.15, -0.1) is 0 Å². The van der Waals surface area contributed by atoms with Gasteiger partial charge in [0, 0.05) is 10.4 Å². The van der Waals surface area contributed by atoms with Crippen LogP contribution in [0.25, 0.3) is 0 Å². The molecule has 2 aromatic carbocycles. The van der Waals surface area contributed by atoms with E-state index < -0.39 is 0 Å². The minimum Gasteiger partial charge on any atom is -0.205 e. The monoisotopic (exact) mass is 384 g/mol. The maximum absolute atomic E-state index is 14.1. The molecule has 19 heavy (non-hydrogen) atoms. The Morgan fingerprint density at radius 2 is 1.89 bits per heavy atom. The van der Waals surface area contributed by atoms with Gasteiger partial charge in [-0.1, -0.05) is 51.8 Å². The smallest absolute Gasteiger partial charge is 0.141 e. The van der Waals surface area contributed by atoms with Crippen LogP contribution in [0, 0.1) is 19.7 Å². The molecule has 0 amide bonds. The highest BCUT2D eigenvalue weighted by molar-refractivity contribution is 9.10. The number of hydrogen-bond donors (Lipinski definition) is 0. The van der Waals surface area contributed by atoms with E-state index in [4.69, 9.17) is 0 Å². The van der Waals surface area contributed by atoms with Crippen molar-refractivity contribution in [1.82, 2.24) is 0 Å². The summed E-state index contributed by atoms with van der Waals surface area (Å²) in [6, 6.07) is 11.8. The molecule has 0 aliphatic heterocycles. The summed E-state index contributed by atoms with van der Waals surface area (Å²) in [7, 11) is 0. The van der Waals surface area contributed by atoms with Gasteiger partial charge >= 0.3 is 0 Å². The highest BCUT2D eigenvalue weighted by Crippen LogP contribution is 2.32. The third-order valence-corrected chi connectivity index (χ3v) is 4.65. The molecule has 0 N–H and O–H groups in total. The van der Waals surface area contributed by atoms with Crippen molar-refractivity contribution in [2.24, 2.45) is 0 Å². The number of benzene rings is 2. The Hall–Kier alpha value is -0.670. The lowest BCUT2D eigenvalue weighted by atomic mass is 9.98. The van der Waals surface area contributed by atoms with Gasteiger partial charge < -0.3 is 0 Å². The van der Waals surface area contributed by atoms with Crippen molar-refractivity contribution in [2.75, 3.05) is 0 Å². The molecule has 0 aromatic heterocycles. The van der Waals surface area contributed by atoms with E-state index in [1.807, 2.05) is 12.1 Å². The Morgan fingerprint density at radius 1 is 1.16 bits per heavy atom. The molecule has 0 saturated heterocycles. The Kier molecular flexibility index (Phi) is 4.80. The summed E-state index contributed by atoms with van der Waals surface area (Å²) in [6.07, 6.45) is 0.779. The minimum atomic E-state index is -0.185. The number of hydrogen-bond acceptors (Lipinski definition) is 0. The molecule has 0 bridgehead atoms. The van der Waals surface area contributed by atoms with Crippen LogP contribution in [0.3, 0.4) is 0 Å². The second kappa shape index (κ2) is 6.19. The SMILES string of the molecule is Cc1ccc(C)c(CC(Br)c2cccc(Br)c2F)c1. The zero-order valence-electron chi connectivity index (χ0n) is 10.9. The van der Waals surface area contributed by atoms with Crippen molar-refractivity contribution in [3.63, 3.8) is 0 Å². The predicted molar refractivity (Wildman–Crippen MR) is 85.4 cm³/mol. The number of rotatable bonds is 3. The highest BCUT2D eigenvalue weighted by Gasteiger charge is 2.16. The van der Waals surface area contributed by atoms with E-state index in [1.165, 1.54) is 16.7 Å². The van der Waals surface area contributed by atoms with Gasteiger partial charge in [0.25, 0.3) is 0 Å². The van der Waals surface area contributed by atoms with Crippen molar-refractivity contribution < 1.29 is 4.39 Å². The van der Waals surface area contributed by atoms with Crippen LogP contribution in [0.2, 0.25) is 0 Å². The molecule has 1 unspecified atom stereocenters. The average molecular weight is 386 g/mol. The molecule has 100 valence electrons. The molecular formula is C16H15Br2F. The molecule has 2 rings (SSSR count). The summed E-state index contributed by atoms with van der Waals surface area (Å²) in [6.45, 7) is 4.16. The van der Waals surface area contributed by atoms with Crippen LogP contribution in [-0.4, -0.2) is 0 Å². The Labute approximate surface area is 130 Å². The van der Waals surface area contributed by atoms with Crippen LogP contribution >= 0.6 is 31.9 Å². The van der Waals surface area contributed by atoms with Gasteiger partial charge in [-0.25, -0.2) is 4.39 Å². The van der Waals surface area contributed by atoms with Gasteiger partial charge in [0.15, 0.2) is 0 Å². The molecule has 0 heterocycles. The van der Waals surface area contributed by atoms with E-state index in [0.717, 1.165) is 6.42 Å². The van der Waals surface area contributed by atoms with E-state index in [1.54, 1.807) is 6.07 Å². The zero-order valence-corrected chi connectivity index (χ0v) is 14.1. The summed E-state index contributed by atoms with van der Waals surface area (Å²) in [5.41, 5.74) is 4.41. The molecule has 0 fully saturated rings. The highest BCUT2D eigenvalue weighted by atomic mass is 79.9. The lowest BCUT2D eigenvalue weighted by Crippen LogP contribution is -2.01. The molecule has 0 aliphatic carbocycles. The molecule has 0 radical (unpaired) electrons. The first-order chi connectivity index (χ1) is 8.99. The second-order valence-electron chi connectivity index (χ2n) is 4.74. The zero-order chi connectivity index (χ0) is 14.0. The van der Waals surface area contributed by atoms with Crippen molar-refractivity contribution >= 4 is 31.9 Å². The van der Waals surface area contributed by atoms with Gasteiger partial charge in [-0.2, -0.15) is 0 Å². The van der Waals surface area contributed by atoms with Crippen LogP contribution in [0.4, 0.5) is 4.39 Å². The third-order valence-electron chi connectivity index (χ3n) is 3.22. The standard InChI is InChI=1S/C16H15Br2F/c1-10-6-7-11(2)12(8-10)9-15(18)13-4-3-5-14(17)16(13)19/h3-8,15H,9H2,1-2H3. The number of aryl methyl sites for hydroxylation is 2. The first-order valence-corrected chi connectivity index (χ1v) is 7.84. The fourth-order valence-corrected chi connectivity index (χ4v) is 3.17. The van der Waals surface area contributed by atoms with E-state index >= 15 is 0 Å². The lowest BCUT2D eigenvalue weighted by molar-refractivity contribution is 0.601. The number of halogens is 3. The normalized spacial score (nSPS) is 12.5. The van der Waals surface area contributed by atoms with E-state index in [2.05, 4.69) is 63.9 Å². The van der Waals surface area contributed by atoms with Crippen molar-refractivity contribution in [3.8, 4) is 0 Å². The minimum absolute atomic E-state index is 0.0227. The topological polar surface area (TPSA) is 0 Å². The van der Waals surface area contributed by atoms with Crippen LogP contribution < -0.4 is 0 Å². The molecule has 2 aromatic rings. The van der Waals surface area contributed by atoms with Gasteiger partial charge in [0.05, 0.1) is 4.47 Å². The van der Waals surface area contributed by atoms with Crippen molar-refractivity contribution in [3.05, 3.63) is 68.9 Å². The summed E-state index contributed by atoms with van der Waals surface area (Å²) < 4.78 is 14.6. The molecule has 1 atom stereocenters. The maximum Gasteiger partial charge on any atom is 0.141 e. The van der Waals surface area contributed by atoms with Gasteiger partial charge in [0.2, 0.25) is 0 Å². The second-order valence-corrected chi connectivity index (χ2v) is 6.70. The summed E-state index contributed by atoms with van der Waals surface area (Å²) in [5, 5.41) is 0. The quantitative estimate of drug-likeness (QED) is 0.578. The first-order valence-electron chi connectivity index (χ1n) is 6.13. The molecular weight excluding hydrogens is 371 g/mol. The van der Waals surface area contributed by atoms with Crippen LogP contribution in [0.15, 0.2) is 40.9 Å². The molecule has 0 saturated carbocycles. The average Bonchev–Trinajstić information content (AvgIpc) is 2.37. The van der Waals surface area contributed by atoms with E-state index in [9.17, 15) is 4.39 Å². The van der Waals surface area contributed by atoms with Gasteiger partial charge in [-0.05, 0) is 53.4 Å². The first kappa shape index (κ1) is 14.7. The fraction of sp³-hybridized carbons (Fsp3) is 0.250. The van der Waals surface area contributed by atoms with Crippen LogP contribution in [0.1, 0.15) is 27.1 Å². The Morgan fingerprint density at radius 3 is 2.63 bits per heavy atom.